The molecule has 3 nitrogen and oxygen atoms in total. The standard InChI is InChI=1S/C16H15BN2O/c17-14-5-7-15(8-6-14)18-19-16(20)13-9-11-3-1-2-4-12(11)10-13/h1-8,13H,9-10,17H2. The molecule has 1 amide bonds. The number of azo groups is 1. The van der Waals surface area contributed by atoms with Crippen LogP contribution in [0.5, 0.6) is 0 Å². The zero-order valence-electron chi connectivity index (χ0n) is 11.4. The molecular weight excluding hydrogens is 247 g/mol. The minimum absolute atomic E-state index is 0.0541. The Balaban J connectivity index is 1.68. The van der Waals surface area contributed by atoms with Gasteiger partial charge in [-0.1, -0.05) is 41.9 Å². The van der Waals surface area contributed by atoms with E-state index in [9.17, 15) is 4.79 Å². The predicted octanol–water partition coefficient (Wildman–Crippen LogP) is 1.97. The summed E-state index contributed by atoms with van der Waals surface area (Å²) in [5, 5.41) is 7.91. The molecule has 0 aromatic heterocycles. The summed E-state index contributed by atoms with van der Waals surface area (Å²) in [5.41, 5.74) is 4.41. The van der Waals surface area contributed by atoms with Gasteiger partial charge in [-0.15, -0.1) is 10.2 Å². The zero-order chi connectivity index (χ0) is 13.9. The van der Waals surface area contributed by atoms with E-state index in [0.717, 1.165) is 18.5 Å². The van der Waals surface area contributed by atoms with Gasteiger partial charge in [0.15, 0.2) is 0 Å². The van der Waals surface area contributed by atoms with Gasteiger partial charge in [-0.25, -0.2) is 0 Å². The van der Waals surface area contributed by atoms with Crippen LogP contribution < -0.4 is 5.46 Å². The first-order valence-electron chi connectivity index (χ1n) is 6.81. The third-order valence-corrected chi connectivity index (χ3v) is 3.70. The van der Waals surface area contributed by atoms with Crippen LogP contribution in [0.1, 0.15) is 11.1 Å². The van der Waals surface area contributed by atoms with Gasteiger partial charge in [-0.2, -0.15) is 0 Å². The lowest BCUT2D eigenvalue weighted by atomic mass is 9.96. The first-order valence-corrected chi connectivity index (χ1v) is 6.81. The minimum atomic E-state index is -0.123. The highest BCUT2D eigenvalue weighted by atomic mass is 16.1. The number of carbonyl (C=O) groups is 1. The Morgan fingerprint density at radius 1 is 1.00 bits per heavy atom. The van der Waals surface area contributed by atoms with Crippen LogP contribution in [0.3, 0.4) is 0 Å². The normalized spacial score (nSPS) is 14.6. The van der Waals surface area contributed by atoms with Crippen molar-refractivity contribution in [3.63, 3.8) is 0 Å². The highest BCUT2D eigenvalue weighted by Gasteiger charge is 2.26. The van der Waals surface area contributed by atoms with E-state index in [4.69, 9.17) is 0 Å². The zero-order valence-corrected chi connectivity index (χ0v) is 11.4. The van der Waals surface area contributed by atoms with Crippen LogP contribution in [0.25, 0.3) is 0 Å². The van der Waals surface area contributed by atoms with Crippen molar-refractivity contribution in [3.05, 3.63) is 59.7 Å². The van der Waals surface area contributed by atoms with Crippen LogP contribution in [-0.2, 0) is 17.6 Å². The van der Waals surface area contributed by atoms with Crippen molar-refractivity contribution in [2.45, 2.75) is 12.8 Å². The van der Waals surface area contributed by atoms with E-state index in [1.165, 1.54) is 16.6 Å². The highest BCUT2D eigenvalue weighted by molar-refractivity contribution is 6.32. The van der Waals surface area contributed by atoms with Gasteiger partial charge in [0.05, 0.1) is 5.69 Å². The first-order chi connectivity index (χ1) is 9.72. The van der Waals surface area contributed by atoms with Crippen molar-refractivity contribution in [2.75, 3.05) is 0 Å². The second-order valence-corrected chi connectivity index (χ2v) is 5.25. The fourth-order valence-corrected chi connectivity index (χ4v) is 2.53. The molecule has 4 heteroatoms. The highest BCUT2D eigenvalue weighted by Crippen LogP contribution is 2.27. The fourth-order valence-electron chi connectivity index (χ4n) is 2.53. The molecule has 1 aliphatic carbocycles. The summed E-state index contributed by atoms with van der Waals surface area (Å²) >= 11 is 0. The van der Waals surface area contributed by atoms with E-state index in [1.807, 2.05) is 44.2 Å². The van der Waals surface area contributed by atoms with Crippen LogP contribution in [0.2, 0.25) is 0 Å². The number of rotatable bonds is 2. The molecule has 0 saturated carbocycles. The van der Waals surface area contributed by atoms with Crippen molar-refractivity contribution < 1.29 is 4.79 Å². The summed E-state index contributed by atoms with van der Waals surface area (Å²) in [7, 11) is 2.02. The molecule has 0 radical (unpaired) electrons. The fraction of sp³-hybridized carbons (Fsp3) is 0.188. The summed E-state index contributed by atoms with van der Waals surface area (Å²) in [6.45, 7) is 0. The number of carbonyl (C=O) groups excluding carboxylic acids is 1. The smallest absolute Gasteiger partial charge is 0.268 e. The van der Waals surface area contributed by atoms with Crippen LogP contribution in [0.4, 0.5) is 5.69 Å². The van der Waals surface area contributed by atoms with Crippen molar-refractivity contribution in [3.8, 4) is 0 Å². The number of amides is 1. The van der Waals surface area contributed by atoms with Gasteiger partial charge in [-0.05, 0) is 36.1 Å². The van der Waals surface area contributed by atoms with E-state index in [2.05, 4.69) is 22.4 Å². The Labute approximate surface area is 119 Å². The van der Waals surface area contributed by atoms with Gasteiger partial charge in [0.1, 0.15) is 7.85 Å². The molecule has 0 atom stereocenters. The van der Waals surface area contributed by atoms with E-state index < -0.39 is 0 Å². The van der Waals surface area contributed by atoms with E-state index in [0.29, 0.717) is 0 Å². The number of fused-ring (bicyclic) bond motifs is 1. The Morgan fingerprint density at radius 2 is 1.60 bits per heavy atom. The Bertz CT molecular complexity index is 639. The maximum absolute atomic E-state index is 12.1. The molecule has 1 aliphatic rings. The first kappa shape index (κ1) is 12.8. The van der Waals surface area contributed by atoms with Gasteiger partial charge in [0.25, 0.3) is 5.91 Å². The van der Waals surface area contributed by atoms with Crippen LogP contribution >= 0.6 is 0 Å². The van der Waals surface area contributed by atoms with Crippen molar-refractivity contribution >= 4 is 24.9 Å². The molecule has 0 saturated heterocycles. The lowest BCUT2D eigenvalue weighted by Gasteiger charge is -2.01. The van der Waals surface area contributed by atoms with Crippen LogP contribution in [0.15, 0.2) is 58.8 Å². The lowest BCUT2D eigenvalue weighted by Crippen LogP contribution is -2.11. The molecule has 0 heterocycles. The number of hydrogen-bond donors (Lipinski definition) is 0. The Morgan fingerprint density at radius 3 is 2.20 bits per heavy atom. The van der Waals surface area contributed by atoms with Crippen molar-refractivity contribution in [2.24, 2.45) is 16.1 Å². The molecule has 0 N–H and O–H groups in total. The second kappa shape index (κ2) is 5.41. The Kier molecular flexibility index (Phi) is 3.46. The molecule has 0 fully saturated rings. The van der Waals surface area contributed by atoms with Gasteiger partial charge in [0.2, 0.25) is 0 Å². The van der Waals surface area contributed by atoms with Crippen LogP contribution in [0, 0.1) is 5.92 Å². The average Bonchev–Trinajstić information content (AvgIpc) is 2.90. The predicted molar refractivity (Wildman–Crippen MR) is 81.5 cm³/mol. The molecule has 0 bridgehead atoms. The summed E-state index contributed by atoms with van der Waals surface area (Å²) in [6.07, 6.45) is 1.56. The van der Waals surface area contributed by atoms with Gasteiger partial charge in [0, 0.05) is 5.92 Å². The van der Waals surface area contributed by atoms with Crippen LogP contribution in [-0.4, -0.2) is 13.8 Å². The minimum Gasteiger partial charge on any atom is -0.271 e. The molecule has 2 aromatic carbocycles. The molecule has 0 aliphatic heterocycles. The summed E-state index contributed by atoms with van der Waals surface area (Å²) in [6, 6.07) is 15.9. The third-order valence-electron chi connectivity index (χ3n) is 3.70. The molecular formula is C16H15BN2O. The monoisotopic (exact) mass is 262 g/mol. The topological polar surface area (TPSA) is 41.8 Å². The van der Waals surface area contributed by atoms with E-state index in [1.54, 1.807) is 0 Å². The third kappa shape index (κ3) is 2.69. The maximum Gasteiger partial charge on any atom is 0.268 e. The van der Waals surface area contributed by atoms with Gasteiger partial charge in [-0.3, -0.25) is 4.79 Å². The summed E-state index contributed by atoms with van der Waals surface area (Å²) in [5.74, 6) is -0.177. The second-order valence-electron chi connectivity index (χ2n) is 5.25. The van der Waals surface area contributed by atoms with E-state index in [-0.39, 0.29) is 11.8 Å². The summed E-state index contributed by atoms with van der Waals surface area (Å²) < 4.78 is 0. The number of benzene rings is 2. The summed E-state index contributed by atoms with van der Waals surface area (Å²) in [4.78, 5) is 12.1. The SMILES string of the molecule is Bc1ccc(N=NC(=O)C2Cc3ccccc3C2)cc1. The van der Waals surface area contributed by atoms with Crippen molar-refractivity contribution in [1.29, 1.82) is 0 Å². The quantitative estimate of drug-likeness (QED) is 0.602. The number of hydrogen-bond acceptors (Lipinski definition) is 2. The largest absolute Gasteiger partial charge is 0.271 e. The number of nitrogens with zero attached hydrogens (tertiary/aromatic N) is 2. The van der Waals surface area contributed by atoms with Crippen molar-refractivity contribution in [1.82, 2.24) is 0 Å². The molecule has 20 heavy (non-hydrogen) atoms. The van der Waals surface area contributed by atoms with E-state index >= 15 is 0 Å². The molecule has 2 aromatic rings. The molecule has 0 spiro atoms. The Hall–Kier alpha value is -2.23. The molecule has 0 unspecified atom stereocenters. The molecule has 98 valence electrons. The molecule has 3 rings (SSSR count). The average molecular weight is 262 g/mol. The van der Waals surface area contributed by atoms with Gasteiger partial charge < -0.3 is 0 Å². The lowest BCUT2D eigenvalue weighted by molar-refractivity contribution is -0.121. The van der Waals surface area contributed by atoms with Gasteiger partial charge >= 0.3 is 0 Å². The maximum atomic E-state index is 12.1.